The van der Waals surface area contributed by atoms with Gasteiger partial charge in [-0.1, -0.05) is 0 Å². The Bertz CT molecular complexity index is 707. The number of hydrogen-bond donors (Lipinski definition) is 2. The van der Waals surface area contributed by atoms with Crippen molar-refractivity contribution in [3.8, 4) is 0 Å². The largest absolute Gasteiger partial charge is 0.366 e. The molecule has 25 heavy (non-hydrogen) atoms. The Morgan fingerprint density at radius 1 is 1.36 bits per heavy atom. The summed E-state index contributed by atoms with van der Waals surface area (Å²) in [5.41, 5.74) is 2.12. The second-order valence-corrected chi connectivity index (χ2v) is 6.49. The van der Waals surface area contributed by atoms with Crippen molar-refractivity contribution in [1.29, 1.82) is 0 Å². The third-order valence-electron chi connectivity index (χ3n) is 4.79. The Kier molecular flexibility index (Phi) is 5.16. The molecule has 134 valence electrons. The Morgan fingerprint density at radius 3 is 2.72 bits per heavy atom. The fourth-order valence-corrected chi connectivity index (χ4v) is 3.11. The van der Waals surface area contributed by atoms with E-state index in [1.807, 2.05) is 48.8 Å². The van der Waals surface area contributed by atoms with Gasteiger partial charge in [-0.2, -0.15) is 10.2 Å². The van der Waals surface area contributed by atoms with Gasteiger partial charge in [-0.05, 0) is 38.8 Å². The van der Waals surface area contributed by atoms with E-state index in [2.05, 4.69) is 25.9 Å². The molecule has 3 heterocycles. The molecule has 8 nitrogen and oxygen atoms in total. The molecule has 2 amide bonds. The zero-order chi connectivity index (χ0) is 17.8. The average molecular weight is 343 g/mol. The summed E-state index contributed by atoms with van der Waals surface area (Å²) in [5.74, 6) is 0.783. The third kappa shape index (κ3) is 4.07. The SMILES string of the molecule is Cc1c([C@@H](C)NC(=O)N2CCC(Nc3cccnn3)CC2)cnn1C. The molecule has 8 heteroatoms. The van der Waals surface area contributed by atoms with Gasteiger partial charge >= 0.3 is 6.03 Å². The first-order chi connectivity index (χ1) is 12.0. The van der Waals surface area contributed by atoms with Crippen molar-refractivity contribution >= 4 is 11.8 Å². The van der Waals surface area contributed by atoms with Gasteiger partial charge in [0.1, 0.15) is 5.82 Å². The predicted molar refractivity (Wildman–Crippen MR) is 95.1 cm³/mol. The predicted octanol–water partition coefficient (Wildman–Crippen LogP) is 1.87. The molecule has 1 aliphatic heterocycles. The van der Waals surface area contributed by atoms with E-state index in [9.17, 15) is 4.79 Å². The van der Waals surface area contributed by atoms with Crippen LogP contribution in [0.4, 0.5) is 10.6 Å². The number of urea groups is 1. The number of nitrogens with one attached hydrogen (secondary N) is 2. The van der Waals surface area contributed by atoms with Gasteiger partial charge < -0.3 is 15.5 Å². The van der Waals surface area contributed by atoms with Crippen LogP contribution in [0.2, 0.25) is 0 Å². The molecule has 1 fully saturated rings. The first-order valence-corrected chi connectivity index (χ1v) is 8.62. The molecule has 0 aliphatic carbocycles. The topological polar surface area (TPSA) is 88.0 Å². The molecule has 2 aromatic rings. The zero-order valence-electron chi connectivity index (χ0n) is 14.9. The summed E-state index contributed by atoms with van der Waals surface area (Å²) >= 11 is 0. The molecule has 0 spiro atoms. The van der Waals surface area contributed by atoms with Crippen LogP contribution < -0.4 is 10.6 Å². The number of nitrogens with zero attached hydrogens (tertiary/aromatic N) is 5. The summed E-state index contributed by atoms with van der Waals surface area (Å²) in [5, 5.41) is 18.6. The van der Waals surface area contributed by atoms with Crippen molar-refractivity contribution in [2.75, 3.05) is 18.4 Å². The second kappa shape index (κ2) is 7.50. The van der Waals surface area contributed by atoms with Gasteiger partial charge in [0, 0.05) is 43.6 Å². The van der Waals surface area contributed by atoms with Gasteiger partial charge in [-0.15, -0.1) is 5.10 Å². The first-order valence-electron chi connectivity index (χ1n) is 8.62. The van der Waals surface area contributed by atoms with E-state index in [1.165, 1.54) is 0 Å². The molecule has 0 bridgehead atoms. The fraction of sp³-hybridized carbons (Fsp3) is 0.529. The highest BCUT2D eigenvalue weighted by Crippen LogP contribution is 2.18. The van der Waals surface area contributed by atoms with Crippen LogP contribution in [0.5, 0.6) is 0 Å². The maximum atomic E-state index is 12.5. The summed E-state index contributed by atoms with van der Waals surface area (Å²) in [7, 11) is 1.91. The summed E-state index contributed by atoms with van der Waals surface area (Å²) in [6.45, 7) is 5.45. The standard InChI is InChI=1S/C17H25N7O/c1-12(15-11-19-23(3)13(15)2)20-17(25)24-9-6-14(7-10-24)21-16-5-4-8-18-22-16/h4-5,8,11-12,14H,6-7,9-10H2,1-3H3,(H,20,25)(H,21,22)/t12-/m1/s1. The van der Waals surface area contributed by atoms with Gasteiger partial charge in [-0.25, -0.2) is 4.79 Å². The minimum atomic E-state index is -0.0587. The molecule has 2 aromatic heterocycles. The van der Waals surface area contributed by atoms with Gasteiger partial charge in [0.2, 0.25) is 0 Å². The highest BCUT2D eigenvalue weighted by atomic mass is 16.2. The smallest absolute Gasteiger partial charge is 0.317 e. The molecule has 1 saturated heterocycles. The fourth-order valence-electron chi connectivity index (χ4n) is 3.11. The van der Waals surface area contributed by atoms with Crippen LogP contribution in [0.15, 0.2) is 24.5 Å². The Labute approximate surface area is 147 Å². The highest BCUT2D eigenvalue weighted by molar-refractivity contribution is 5.74. The number of piperidine rings is 1. The number of anilines is 1. The molecule has 1 aliphatic rings. The molecule has 0 unspecified atom stereocenters. The van der Waals surface area contributed by atoms with Crippen LogP contribution in [0, 0.1) is 6.92 Å². The number of carbonyl (C=O) groups excluding carboxylic acids is 1. The van der Waals surface area contributed by atoms with Crippen LogP contribution in [0.3, 0.4) is 0 Å². The van der Waals surface area contributed by atoms with E-state index < -0.39 is 0 Å². The highest BCUT2D eigenvalue weighted by Gasteiger charge is 2.24. The van der Waals surface area contributed by atoms with E-state index >= 15 is 0 Å². The van der Waals surface area contributed by atoms with Gasteiger partial charge in [0.25, 0.3) is 0 Å². The Hall–Kier alpha value is -2.64. The normalized spacial score (nSPS) is 16.5. The number of carbonyl (C=O) groups is 1. The van der Waals surface area contributed by atoms with Crippen molar-refractivity contribution in [2.45, 2.75) is 38.8 Å². The molecular weight excluding hydrogens is 318 g/mol. The average Bonchev–Trinajstić information content (AvgIpc) is 2.95. The van der Waals surface area contributed by atoms with Crippen LogP contribution in [-0.2, 0) is 7.05 Å². The second-order valence-electron chi connectivity index (χ2n) is 6.49. The van der Waals surface area contributed by atoms with Crippen molar-refractivity contribution < 1.29 is 4.79 Å². The lowest BCUT2D eigenvalue weighted by atomic mass is 10.1. The van der Waals surface area contributed by atoms with Crippen molar-refractivity contribution in [3.63, 3.8) is 0 Å². The summed E-state index contributed by atoms with van der Waals surface area (Å²) < 4.78 is 1.82. The lowest BCUT2D eigenvalue weighted by Crippen LogP contribution is -2.47. The van der Waals surface area contributed by atoms with Crippen LogP contribution in [0.1, 0.15) is 37.1 Å². The monoisotopic (exact) mass is 343 g/mol. The van der Waals surface area contributed by atoms with Crippen LogP contribution in [0.25, 0.3) is 0 Å². The van der Waals surface area contributed by atoms with Gasteiger partial charge in [0.05, 0.1) is 12.2 Å². The molecule has 1 atom stereocenters. The summed E-state index contributed by atoms with van der Waals surface area (Å²) in [6, 6.07) is 4.01. The first kappa shape index (κ1) is 17.2. The maximum absolute atomic E-state index is 12.5. The number of hydrogen-bond acceptors (Lipinski definition) is 5. The van der Waals surface area contributed by atoms with E-state index in [1.54, 1.807) is 6.20 Å². The molecule has 0 aromatic carbocycles. The lowest BCUT2D eigenvalue weighted by molar-refractivity contribution is 0.180. The lowest BCUT2D eigenvalue weighted by Gasteiger charge is -2.33. The van der Waals surface area contributed by atoms with E-state index in [0.29, 0.717) is 6.04 Å². The van der Waals surface area contributed by atoms with Gasteiger partial charge in [-0.3, -0.25) is 4.68 Å². The molecule has 2 N–H and O–H groups in total. The maximum Gasteiger partial charge on any atom is 0.317 e. The van der Waals surface area contributed by atoms with Crippen molar-refractivity contribution in [3.05, 3.63) is 35.8 Å². The van der Waals surface area contributed by atoms with E-state index in [-0.39, 0.29) is 12.1 Å². The number of likely N-dealkylation sites (tertiary alicyclic amines) is 1. The zero-order valence-corrected chi connectivity index (χ0v) is 14.9. The van der Waals surface area contributed by atoms with Crippen LogP contribution in [-0.4, -0.2) is 50.0 Å². The molecule has 0 saturated carbocycles. The van der Waals surface area contributed by atoms with E-state index in [0.717, 1.165) is 43.0 Å². The van der Waals surface area contributed by atoms with Crippen molar-refractivity contribution in [1.82, 2.24) is 30.2 Å². The van der Waals surface area contributed by atoms with Crippen LogP contribution >= 0.6 is 0 Å². The summed E-state index contributed by atoms with van der Waals surface area (Å²) in [4.78, 5) is 14.4. The number of amides is 2. The molecular formula is C17H25N7O. The minimum absolute atomic E-state index is 0.0197. The number of aromatic nitrogens is 4. The number of rotatable bonds is 4. The Morgan fingerprint density at radius 2 is 2.12 bits per heavy atom. The quantitative estimate of drug-likeness (QED) is 0.885. The molecule has 3 rings (SSSR count). The molecule has 0 radical (unpaired) electrons. The number of aryl methyl sites for hydroxylation is 1. The van der Waals surface area contributed by atoms with Crippen molar-refractivity contribution in [2.24, 2.45) is 7.05 Å². The van der Waals surface area contributed by atoms with Gasteiger partial charge in [0.15, 0.2) is 0 Å². The van der Waals surface area contributed by atoms with E-state index in [4.69, 9.17) is 0 Å². The Balaban J connectivity index is 1.49. The minimum Gasteiger partial charge on any atom is -0.366 e. The summed E-state index contributed by atoms with van der Waals surface area (Å²) in [6.07, 6.45) is 5.26. The third-order valence-corrected chi connectivity index (χ3v) is 4.79.